The van der Waals surface area contributed by atoms with E-state index in [1.54, 1.807) is 0 Å². The van der Waals surface area contributed by atoms with Crippen LogP contribution in [0.25, 0.3) is 0 Å². The van der Waals surface area contributed by atoms with Crippen LogP contribution in [0.3, 0.4) is 0 Å². The van der Waals surface area contributed by atoms with E-state index < -0.39 is 8.32 Å². The molecule has 0 fully saturated rings. The second kappa shape index (κ2) is 7.82. The van der Waals surface area contributed by atoms with Gasteiger partial charge in [-0.15, -0.1) is 6.58 Å². The molecule has 0 aliphatic rings. The zero-order valence-corrected chi connectivity index (χ0v) is 16.0. The van der Waals surface area contributed by atoms with Crippen molar-refractivity contribution in [1.82, 2.24) is 0 Å². The lowest BCUT2D eigenvalue weighted by Gasteiger charge is -2.37. The molecule has 22 heavy (non-hydrogen) atoms. The Bertz CT molecular complexity index is 482. The van der Waals surface area contributed by atoms with Gasteiger partial charge in [0.25, 0.3) is 0 Å². The van der Waals surface area contributed by atoms with Gasteiger partial charge in [0, 0.05) is 6.42 Å². The van der Waals surface area contributed by atoms with E-state index in [0.717, 1.165) is 25.0 Å². The Morgan fingerprint density at radius 1 is 1.23 bits per heavy atom. The SMILES string of the molecule is C=CCCC(CC(=C)O[Si](C)(C)C(C)(C)C)c1ccccc1. The molecule has 0 bridgehead atoms. The van der Waals surface area contributed by atoms with Gasteiger partial charge in [-0.3, -0.25) is 0 Å². The maximum Gasteiger partial charge on any atom is 0.250 e. The minimum Gasteiger partial charge on any atom is -0.547 e. The maximum absolute atomic E-state index is 6.35. The fraction of sp³-hybridized carbons (Fsp3) is 0.500. The fourth-order valence-electron chi connectivity index (χ4n) is 2.26. The van der Waals surface area contributed by atoms with Crippen molar-refractivity contribution >= 4 is 8.32 Å². The highest BCUT2D eigenvalue weighted by Gasteiger charge is 2.39. The minimum atomic E-state index is -1.79. The monoisotopic (exact) mass is 316 g/mol. The second-order valence-electron chi connectivity index (χ2n) is 7.58. The number of benzene rings is 1. The Labute approximate surface area is 138 Å². The average molecular weight is 317 g/mol. The van der Waals surface area contributed by atoms with Crippen molar-refractivity contribution in [2.24, 2.45) is 0 Å². The normalized spacial score (nSPS) is 13.5. The topological polar surface area (TPSA) is 9.23 Å². The molecule has 0 saturated carbocycles. The maximum atomic E-state index is 6.35. The summed E-state index contributed by atoms with van der Waals surface area (Å²) in [6.07, 6.45) is 5.00. The molecular formula is C20H32OSi. The van der Waals surface area contributed by atoms with Crippen LogP contribution < -0.4 is 0 Å². The van der Waals surface area contributed by atoms with Crippen LogP contribution in [0.1, 0.15) is 51.5 Å². The summed E-state index contributed by atoms with van der Waals surface area (Å²) < 4.78 is 6.35. The van der Waals surface area contributed by atoms with Crippen molar-refractivity contribution in [1.29, 1.82) is 0 Å². The highest BCUT2D eigenvalue weighted by Crippen LogP contribution is 2.39. The third-order valence-electron chi connectivity index (χ3n) is 4.67. The standard InChI is InChI=1S/C20H32OSi/c1-8-9-13-19(18-14-11-10-12-15-18)16-17(2)21-22(6,7)20(3,4)5/h8,10-12,14-15,19H,1-2,9,13,16H2,3-7H3. The Morgan fingerprint density at radius 2 is 1.82 bits per heavy atom. The van der Waals surface area contributed by atoms with E-state index >= 15 is 0 Å². The first-order chi connectivity index (χ1) is 10.2. The fourth-order valence-corrected chi connectivity index (χ4v) is 3.37. The predicted octanol–water partition coefficient (Wildman–Crippen LogP) is 6.66. The highest BCUT2D eigenvalue weighted by atomic mass is 28.4. The Morgan fingerprint density at radius 3 is 2.32 bits per heavy atom. The van der Waals surface area contributed by atoms with Gasteiger partial charge in [0.05, 0.1) is 5.76 Å². The van der Waals surface area contributed by atoms with Crippen molar-refractivity contribution in [3.63, 3.8) is 0 Å². The lowest BCUT2D eigenvalue weighted by atomic mass is 9.91. The number of rotatable bonds is 8. The molecular weight excluding hydrogens is 284 g/mol. The molecule has 1 rings (SSSR count). The molecule has 1 nitrogen and oxygen atoms in total. The predicted molar refractivity (Wildman–Crippen MR) is 101 cm³/mol. The summed E-state index contributed by atoms with van der Waals surface area (Å²) in [6, 6.07) is 10.7. The molecule has 0 radical (unpaired) electrons. The summed E-state index contributed by atoms with van der Waals surface area (Å²) in [5.41, 5.74) is 1.37. The molecule has 0 aliphatic heterocycles. The molecule has 0 heterocycles. The molecule has 0 saturated heterocycles. The van der Waals surface area contributed by atoms with Gasteiger partial charge in [0.15, 0.2) is 0 Å². The summed E-state index contributed by atoms with van der Waals surface area (Å²) in [5, 5.41) is 0.208. The van der Waals surface area contributed by atoms with E-state index in [-0.39, 0.29) is 5.04 Å². The smallest absolute Gasteiger partial charge is 0.250 e. The van der Waals surface area contributed by atoms with Crippen molar-refractivity contribution in [3.8, 4) is 0 Å². The van der Waals surface area contributed by atoms with E-state index in [1.807, 2.05) is 6.08 Å². The van der Waals surface area contributed by atoms with E-state index in [2.05, 4.69) is 77.4 Å². The Kier molecular flexibility index (Phi) is 6.67. The van der Waals surface area contributed by atoms with Crippen molar-refractivity contribution < 1.29 is 4.43 Å². The first kappa shape index (κ1) is 18.8. The third-order valence-corrected chi connectivity index (χ3v) is 9.08. The van der Waals surface area contributed by atoms with Gasteiger partial charge in [-0.25, -0.2) is 0 Å². The van der Waals surface area contributed by atoms with E-state index in [0.29, 0.717) is 5.92 Å². The summed E-state index contributed by atoms with van der Waals surface area (Å²) in [4.78, 5) is 0. The zero-order valence-electron chi connectivity index (χ0n) is 15.0. The van der Waals surface area contributed by atoms with Gasteiger partial charge in [-0.05, 0) is 42.5 Å². The van der Waals surface area contributed by atoms with Crippen LogP contribution in [-0.4, -0.2) is 8.32 Å². The molecule has 1 aromatic carbocycles. The zero-order chi connectivity index (χ0) is 16.8. The van der Waals surface area contributed by atoms with Crippen LogP contribution in [0.2, 0.25) is 18.1 Å². The van der Waals surface area contributed by atoms with Crippen LogP contribution in [0.5, 0.6) is 0 Å². The molecule has 0 aliphatic carbocycles. The van der Waals surface area contributed by atoms with Gasteiger partial charge in [0.2, 0.25) is 8.32 Å². The van der Waals surface area contributed by atoms with Crippen LogP contribution in [-0.2, 0) is 4.43 Å². The lowest BCUT2D eigenvalue weighted by Crippen LogP contribution is -2.40. The summed E-state index contributed by atoms with van der Waals surface area (Å²) in [5.74, 6) is 1.39. The highest BCUT2D eigenvalue weighted by molar-refractivity contribution is 6.74. The molecule has 1 aromatic rings. The van der Waals surface area contributed by atoms with Gasteiger partial charge in [-0.1, -0.05) is 63.8 Å². The van der Waals surface area contributed by atoms with Crippen LogP contribution in [0, 0.1) is 0 Å². The third kappa shape index (κ3) is 5.49. The van der Waals surface area contributed by atoms with E-state index in [1.165, 1.54) is 5.56 Å². The largest absolute Gasteiger partial charge is 0.547 e. The lowest BCUT2D eigenvalue weighted by molar-refractivity contribution is 0.355. The van der Waals surface area contributed by atoms with Gasteiger partial charge < -0.3 is 4.43 Å². The molecule has 1 atom stereocenters. The molecule has 2 heteroatoms. The first-order valence-corrected chi connectivity index (χ1v) is 11.1. The number of allylic oxidation sites excluding steroid dienone is 2. The van der Waals surface area contributed by atoms with E-state index in [4.69, 9.17) is 4.43 Å². The number of hydrogen-bond acceptors (Lipinski definition) is 1. The Balaban J connectivity index is 2.78. The molecule has 0 aromatic heterocycles. The van der Waals surface area contributed by atoms with Crippen LogP contribution in [0.4, 0.5) is 0 Å². The Hall–Kier alpha value is -1.28. The minimum absolute atomic E-state index is 0.208. The van der Waals surface area contributed by atoms with Gasteiger partial charge in [-0.2, -0.15) is 0 Å². The van der Waals surface area contributed by atoms with Gasteiger partial charge >= 0.3 is 0 Å². The molecule has 0 spiro atoms. The van der Waals surface area contributed by atoms with Crippen LogP contribution in [0.15, 0.2) is 55.3 Å². The summed E-state index contributed by atoms with van der Waals surface area (Å²) in [6.45, 7) is 19.4. The van der Waals surface area contributed by atoms with Gasteiger partial charge in [0.1, 0.15) is 0 Å². The van der Waals surface area contributed by atoms with Crippen molar-refractivity contribution in [2.45, 2.75) is 64.1 Å². The van der Waals surface area contributed by atoms with Crippen LogP contribution >= 0.6 is 0 Å². The summed E-state index contributed by atoms with van der Waals surface area (Å²) in [7, 11) is -1.79. The average Bonchev–Trinajstić information content (AvgIpc) is 2.42. The molecule has 1 unspecified atom stereocenters. The number of hydrogen-bond donors (Lipinski definition) is 0. The molecule has 0 amide bonds. The second-order valence-corrected chi connectivity index (χ2v) is 12.3. The van der Waals surface area contributed by atoms with Crippen molar-refractivity contribution in [3.05, 3.63) is 60.9 Å². The first-order valence-electron chi connectivity index (χ1n) is 8.20. The van der Waals surface area contributed by atoms with Crippen molar-refractivity contribution in [2.75, 3.05) is 0 Å². The summed E-state index contributed by atoms with van der Waals surface area (Å²) >= 11 is 0. The molecule has 122 valence electrons. The quantitative estimate of drug-likeness (QED) is 0.296. The molecule has 0 N–H and O–H groups in total. The van der Waals surface area contributed by atoms with E-state index in [9.17, 15) is 0 Å².